The molecule has 2 nitrogen and oxygen atoms in total. The van der Waals surface area contributed by atoms with E-state index in [1.54, 1.807) is 0 Å². The zero-order valence-corrected chi connectivity index (χ0v) is 6.87. The predicted molar refractivity (Wildman–Crippen MR) is 41.3 cm³/mol. The van der Waals surface area contributed by atoms with Gasteiger partial charge < -0.3 is 10.6 Å². The molecule has 0 fully saturated rings. The minimum atomic E-state index is 0.525. The molecule has 2 N–H and O–H groups in total. The normalized spacial score (nSPS) is 13.0. The fourth-order valence-electron chi connectivity index (χ4n) is 0.466. The summed E-state index contributed by atoms with van der Waals surface area (Å²) in [7, 11) is 3.78. The van der Waals surface area contributed by atoms with Crippen LogP contribution in [0.3, 0.4) is 0 Å². The van der Waals surface area contributed by atoms with Crippen LogP contribution in [0, 0.1) is 0 Å². The van der Waals surface area contributed by atoms with Gasteiger partial charge in [-0.05, 0) is 12.5 Å². The molecule has 0 aliphatic rings. The Balaban J connectivity index is 4.10. The lowest BCUT2D eigenvalue weighted by atomic mass is 10.3. The zero-order valence-electron chi connectivity index (χ0n) is 6.11. The number of halogens is 1. The third kappa shape index (κ3) is 2.72. The summed E-state index contributed by atoms with van der Waals surface area (Å²) < 4.78 is 0. The maximum atomic E-state index is 5.79. The van der Waals surface area contributed by atoms with Crippen molar-refractivity contribution in [2.75, 3.05) is 20.6 Å². The average Bonchev–Trinajstić information content (AvgIpc) is 1.84. The monoisotopic (exact) mass is 148 g/mol. The van der Waals surface area contributed by atoms with Gasteiger partial charge in [-0.3, -0.25) is 0 Å². The third-order valence-corrected chi connectivity index (χ3v) is 1.71. The molecule has 0 atom stereocenters. The van der Waals surface area contributed by atoms with E-state index in [1.165, 1.54) is 0 Å². The molecular formula is C6H13ClN2. The lowest BCUT2D eigenvalue weighted by Crippen LogP contribution is -2.12. The second-order valence-corrected chi connectivity index (χ2v) is 2.53. The standard InChI is InChI=1S/C6H13ClN2/c1-5(4-8)6(7)9(2)3/h4,8H2,1-3H3. The first-order chi connectivity index (χ1) is 4.09. The summed E-state index contributed by atoms with van der Waals surface area (Å²) >= 11 is 5.79. The molecule has 0 bridgehead atoms. The molecule has 0 heterocycles. The molecule has 0 aromatic rings. The van der Waals surface area contributed by atoms with Crippen LogP contribution in [0.5, 0.6) is 0 Å². The molecule has 0 rings (SSSR count). The van der Waals surface area contributed by atoms with Crippen molar-refractivity contribution in [3.63, 3.8) is 0 Å². The van der Waals surface area contributed by atoms with E-state index in [9.17, 15) is 0 Å². The van der Waals surface area contributed by atoms with Crippen molar-refractivity contribution in [3.05, 3.63) is 10.7 Å². The molecule has 0 aromatic carbocycles. The Morgan fingerprint density at radius 2 is 2.00 bits per heavy atom. The second kappa shape index (κ2) is 3.75. The molecule has 0 aliphatic heterocycles. The van der Waals surface area contributed by atoms with E-state index in [2.05, 4.69) is 0 Å². The lowest BCUT2D eigenvalue weighted by molar-refractivity contribution is 0.539. The van der Waals surface area contributed by atoms with Gasteiger partial charge in [-0.15, -0.1) is 0 Å². The van der Waals surface area contributed by atoms with E-state index in [0.717, 1.165) is 10.7 Å². The Hall–Kier alpha value is -0.210. The largest absolute Gasteiger partial charge is 0.368 e. The van der Waals surface area contributed by atoms with Crippen LogP contribution in [-0.4, -0.2) is 25.5 Å². The van der Waals surface area contributed by atoms with Crippen molar-refractivity contribution in [3.8, 4) is 0 Å². The molecule has 3 heteroatoms. The highest BCUT2D eigenvalue weighted by molar-refractivity contribution is 6.29. The van der Waals surface area contributed by atoms with Crippen LogP contribution in [0.2, 0.25) is 0 Å². The molecule has 0 saturated heterocycles. The average molecular weight is 149 g/mol. The van der Waals surface area contributed by atoms with Gasteiger partial charge in [0.15, 0.2) is 0 Å². The van der Waals surface area contributed by atoms with Gasteiger partial charge in [0.1, 0.15) is 5.16 Å². The van der Waals surface area contributed by atoms with Crippen LogP contribution >= 0.6 is 11.6 Å². The summed E-state index contributed by atoms with van der Waals surface area (Å²) in [5.74, 6) is 0. The van der Waals surface area contributed by atoms with Crippen LogP contribution in [0.4, 0.5) is 0 Å². The van der Waals surface area contributed by atoms with E-state index < -0.39 is 0 Å². The van der Waals surface area contributed by atoms with E-state index in [-0.39, 0.29) is 0 Å². The smallest absolute Gasteiger partial charge is 0.104 e. The van der Waals surface area contributed by atoms with E-state index in [1.807, 2.05) is 25.9 Å². The summed E-state index contributed by atoms with van der Waals surface area (Å²) in [6, 6.07) is 0. The Kier molecular flexibility index (Phi) is 3.66. The van der Waals surface area contributed by atoms with Crippen molar-refractivity contribution in [2.45, 2.75) is 6.92 Å². The highest BCUT2D eigenvalue weighted by Gasteiger charge is 1.97. The van der Waals surface area contributed by atoms with Gasteiger partial charge in [0.05, 0.1) is 0 Å². The summed E-state index contributed by atoms with van der Waals surface area (Å²) in [4.78, 5) is 1.84. The van der Waals surface area contributed by atoms with E-state index >= 15 is 0 Å². The molecule has 0 aliphatic carbocycles. The van der Waals surface area contributed by atoms with Gasteiger partial charge in [0, 0.05) is 20.6 Å². The van der Waals surface area contributed by atoms with Crippen molar-refractivity contribution in [2.24, 2.45) is 5.73 Å². The van der Waals surface area contributed by atoms with Gasteiger partial charge >= 0.3 is 0 Å². The third-order valence-electron chi connectivity index (χ3n) is 1.05. The first-order valence-electron chi connectivity index (χ1n) is 2.82. The number of hydrogen-bond acceptors (Lipinski definition) is 2. The first kappa shape index (κ1) is 8.79. The first-order valence-corrected chi connectivity index (χ1v) is 3.20. The van der Waals surface area contributed by atoms with Gasteiger partial charge in [-0.25, -0.2) is 0 Å². The fourth-order valence-corrected chi connectivity index (χ4v) is 0.543. The molecule has 54 valence electrons. The van der Waals surface area contributed by atoms with Crippen LogP contribution < -0.4 is 5.73 Å². The summed E-state index contributed by atoms with van der Waals surface area (Å²) in [6.45, 7) is 2.44. The molecule has 0 saturated carbocycles. The number of rotatable bonds is 2. The van der Waals surface area contributed by atoms with E-state index in [0.29, 0.717) is 6.54 Å². The van der Waals surface area contributed by atoms with Gasteiger partial charge in [-0.2, -0.15) is 0 Å². The maximum absolute atomic E-state index is 5.79. The van der Waals surface area contributed by atoms with Gasteiger partial charge in [-0.1, -0.05) is 11.6 Å². The minimum absolute atomic E-state index is 0.525. The fraction of sp³-hybridized carbons (Fsp3) is 0.667. The van der Waals surface area contributed by atoms with Crippen LogP contribution in [0.25, 0.3) is 0 Å². The van der Waals surface area contributed by atoms with Crippen molar-refractivity contribution in [1.82, 2.24) is 4.90 Å². The van der Waals surface area contributed by atoms with Crippen molar-refractivity contribution >= 4 is 11.6 Å². The molecule has 0 unspecified atom stereocenters. The molecular weight excluding hydrogens is 136 g/mol. The Labute approximate surface area is 61.3 Å². The van der Waals surface area contributed by atoms with Crippen LogP contribution in [0.1, 0.15) is 6.92 Å². The number of nitrogens with two attached hydrogens (primary N) is 1. The van der Waals surface area contributed by atoms with Gasteiger partial charge in [0.2, 0.25) is 0 Å². The SMILES string of the molecule is CC(CN)=C(Cl)N(C)C. The summed E-state index contributed by atoms with van der Waals surface area (Å²) in [5, 5.41) is 0.734. The quantitative estimate of drug-likeness (QED) is 0.592. The Morgan fingerprint density at radius 3 is 2.11 bits per heavy atom. The minimum Gasteiger partial charge on any atom is -0.368 e. The van der Waals surface area contributed by atoms with Crippen molar-refractivity contribution < 1.29 is 0 Å². The number of nitrogens with zero attached hydrogens (tertiary/aromatic N) is 1. The molecule has 0 spiro atoms. The number of hydrogen-bond donors (Lipinski definition) is 1. The summed E-state index contributed by atoms with van der Waals surface area (Å²) in [5.41, 5.74) is 6.36. The maximum Gasteiger partial charge on any atom is 0.104 e. The molecule has 9 heavy (non-hydrogen) atoms. The molecule has 0 amide bonds. The van der Waals surface area contributed by atoms with Crippen LogP contribution in [0.15, 0.2) is 10.7 Å². The Morgan fingerprint density at radius 1 is 1.56 bits per heavy atom. The summed E-state index contributed by atoms with van der Waals surface area (Å²) in [6.07, 6.45) is 0. The Bertz CT molecular complexity index is 118. The molecule has 0 aromatic heterocycles. The zero-order chi connectivity index (χ0) is 7.44. The van der Waals surface area contributed by atoms with Crippen molar-refractivity contribution in [1.29, 1.82) is 0 Å². The highest BCUT2D eigenvalue weighted by atomic mass is 35.5. The lowest BCUT2D eigenvalue weighted by Gasteiger charge is -2.12. The van der Waals surface area contributed by atoms with E-state index in [4.69, 9.17) is 17.3 Å². The molecule has 0 radical (unpaired) electrons. The topological polar surface area (TPSA) is 29.3 Å². The van der Waals surface area contributed by atoms with Crippen LogP contribution in [-0.2, 0) is 0 Å². The van der Waals surface area contributed by atoms with Gasteiger partial charge in [0.25, 0.3) is 0 Å². The highest BCUT2D eigenvalue weighted by Crippen LogP contribution is 2.09. The second-order valence-electron chi connectivity index (χ2n) is 2.17. The predicted octanol–water partition coefficient (Wildman–Crippen LogP) is 0.977.